The Labute approximate surface area is 438 Å². The second kappa shape index (κ2) is 29.0. The number of rotatable bonds is 29. The quantitative estimate of drug-likeness (QED) is 0.0310. The van der Waals surface area contributed by atoms with E-state index in [1.165, 1.54) is 6.92 Å². The van der Waals surface area contributed by atoms with Gasteiger partial charge in [-0.3, -0.25) is 43.2 Å². The third kappa shape index (κ3) is 19.1. The summed E-state index contributed by atoms with van der Waals surface area (Å²) in [5, 5.41) is 22.3. The number of carboxylic acids is 1. The molecule has 0 aliphatic heterocycles. The number of aromatic nitrogens is 2. The van der Waals surface area contributed by atoms with Gasteiger partial charge in [0.1, 0.15) is 22.9 Å². The van der Waals surface area contributed by atoms with Crippen LogP contribution in [0.25, 0.3) is 44.8 Å². The summed E-state index contributed by atoms with van der Waals surface area (Å²) in [5.74, 6) is -6.23. The molecule has 4 atom stereocenters. The summed E-state index contributed by atoms with van der Waals surface area (Å²) in [6.07, 6.45) is -0.654. The lowest BCUT2D eigenvalue weighted by atomic mass is 9.92. The predicted molar refractivity (Wildman–Crippen MR) is 279 cm³/mol. The van der Waals surface area contributed by atoms with Crippen LogP contribution in [0, 0.1) is 11.8 Å². The maximum Gasteiger partial charge on any atom is 0.303 e. The van der Waals surface area contributed by atoms with Gasteiger partial charge in [-0.05, 0) is 41.5 Å². The average molecular weight is 1040 g/mol. The van der Waals surface area contributed by atoms with Gasteiger partial charge in [-0.1, -0.05) is 126 Å². The number of benzene rings is 4. The Morgan fingerprint density at radius 1 is 0.487 bits per heavy atom. The van der Waals surface area contributed by atoms with Crippen molar-refractivity contribution in [3.8, 4) is 44.8 Å². The molecule has 0 radical (unpaired) electrons. The van der Waals surface area contributed by atoms with Gasteiger partial charge in [-0.25, -0.2) is 0 Å². The topological polar surface area (TPSA) is 354 Å². The molecule has 0 aliphatic rings. The molecule has 0 spiro atoms. The van der Waals surface area contributed by atoms with Crippen LogP contribution in [-0.4, -0.2) is 80.5 Å². The number of aryl methyl sites for hydroxylation is 2. The van der Waals surface area contributed by atoms with E-state index >= 15 is 0 Å². The molecule has 0 aliphatic carbocycles. The van der Waals surface area contributed by atoms with Gasteiger partial charge in [0.15, 0.2) is 11.6 Å². The SMILES string of the molecule is C[C@H](CC(=O)[C@H](CCC(=O)O)NC(=O)CCc1cc(-c2ccc(-c3ccccc3)cc2)no1)C(N)=O.NC(=O)CC[C@H](CC(=O)[C@H](CCC(N)=O)NC(=O)CCc1cc(-c2ccc(-c3ccccc3)cc2)no1)C(N)=O. The van der Waals surface area contributed by atoms with Crippen molar-refractivity contribution in [2.45, 2.75) is 96.1 Å². The van der Waals surface area contributed by atoms with Crippen LogP contribution in [0.5, 0.6) is 0 Å². The van der Waals surface area contributed by atoms with Crippen molar-refractivity contribution in [1.29, 1.82) is 0 Å². The second-order valence-electron chi connectivity index (χ2n) is 18.2. The van der Waals surface area contributed by atoms with E-state index in [0.717, 1.165) is 33.4 Å². The number of hydrogen-bond donors (Lipinski definition) is 7. The Bertz CT molecular complexity index is 2940. The third-order valence-electron chi connectivity index (χ3n) is 12.2. The molecule has 0 unspecified atom stereocenters. The lowest BCUT2D eigenvalue weighted by Gasteiger charge is -2.19. The monoisotopic (exact) mass is 1040 g/mol. The van der Waals surface area contributed by atoms with Crippen LogP contribution in [-0.2, 0) is 56.0 Å². The molecule has 76 heavy (non-hydrogen) atoms. The molecule has 0 saturated carbocycles. The number of hydrogen-bond acceptors (Lipinski definition) is 13. The summed E-state index contributed by atoms with van der Waals surface area (Å²) in [4.78, 5) is 107. The van der Waals surface area contributed by atoms with Gasteiger partial charge >= 0.3 is 5.97 Å². The van der Waals surface area contributed by atoms with Gasteiger partial charge in [0, 0.05) is 92.9 Å². The number of carbonyl (C=O) groups excluding carboxylic acids is 8. The minimum Gasteiger partial charge on any atom is -0.481 e. The van der Waals surface area contributed by atoms with E-state index in [-0.39, 0.29) is 77.0 Å². The smallest absolute Gasteiger partial charge is 0.303 e. The minimum atomic E-state index is -1.09. The fourth-order valence-electron chi connectivity index (χ4n) is 7.84. The maximum atomic E-state index is 12.9. The van der Waals surface area contributed by atoms with E-state index in [1.54, 1.807) is 12.1 Å². The van der Waals surface area contributed by atoms with Crippen molar-refractivity contribution in [3.05, 3.63) is 133 Å². The molecule has 11 N–H and O–H groups in total. The Morgan fingerprint density at radius 2 is 0.868 bits per heavy atom. The highest BCUT2D eigenvalue weighted by atomic mass is 16.5. The van der Waals surface area contributed by atoms with Crippen molar-refractivity contribution >= 4 is 53.0 Å². The predicted octanol–water partition coefficient (Wildman–Crippen LogP) is 5.39. The third-order valence-corrected chi connectivity index (χ3v) is 12.2. The molecule has 398 valence electrons. The van der Waals surface area contributed by atoms with Gasteiger partial charge < -0.3 is 47.7 Å². The minimum absolute atomic E-state index is 0.00962. The highest BCUT2D eigenvalue weighted by Gasteiger charge is 2.28. The van der Waals surface area contributed by atoms with E-state index < -0.39 is 76.9 Å². The van der Waals surface area contributed by atoms with Crippen molar-refractivity contribution in [1.82, 2.24) is 20.9 Å². The zero-order valence-corrected chi connectivity index (χ0v) is 42.0. The molecule has 20 heteroatoms. The van der Waals surface area contributed by atoms with Crippen LogP contribution in [0.1, 0.15) is 82.7 Å². The molecular weight excluding hydrogens is 977 g/mol. The summed E-state index contributed by atoms with van der Waals surface area (Å²) < 4.78 is 10.8. The van der Waals surface area contributed by atoms with Crippen LogP contribution >= 0.6 is 0 Å². The van der Waals surface area contributed by atoms with Crippen LogP contribution < -0.4 is 33.6 Å². The number of aliphatic carboxylic acids is 1. The van der Waals surface area contributed by atoms with Gasteiger partial charge in [0.2, 0.25) is 35.4 Å². The number of nitrogens with zero attached hydrogens (tertiary/aromatic N) is 2. The lowest BCUT2D eigenvalue weighted by molar-refractivity contribution is -0.138. The molecule has 2 heterocycles. The molecule has 4 aromatic carbocycles. The number of carboxylic acid groups (broad SMARTS) is 1. The molecule has 0 fully saturated rings. The molecule has 2 aromatic heterocycles. The van der Waals surface area contributed by atoms with E-state index in [4.69, 9.17) is 37.1 Å². The van der Waals surface area contributed by atoms with Crippen LogP contribution in [0.3, 0.4) is 0 Å². The Kier molecular flexibility index (Phi) is 22.1. The van der Waals surface area contributed by atoms with E-state index in [1.807, 2.05) is 109 Å². The molecule has 6 amide bonds. The van der Waals surface area contributed by atoms with Crippen LogP contribution in [0.4, 0.5) is 0 Å². The van der Waals surface area contributed by atoms with Crippen LogP contribution in [0.15, 0.2) is 130 Å². The van der Waals surface area contributed by atoms with Crippen LogP contribution in [0.2, 0.25) is 0 Å². The molecule has 6 rings (SSSR count). The molecule has 0 bridgehead atoms. The average Bonchev–Trinajstić information content (AvgIpc) is 4.10. The number of amides is 6. The number of Topliss-reactive ketones (excluding diaryl/α,β-unsaturated/α-hetero) is 2. The van der Waals surface area contributed by atoms with Gasteiger partial charge in [-0.15, -0.1) is 0 Å². The first-order chi connectivity index (χ1) is 36.3. The van der Waals surface area contributed by atoms with Gasteiger partial charge in [-0.2, -0.15) is 0 Å². The Morgan fingerprint density at radius 3 is 1.26 bits per heavy atom. The maximum absolute atomic E-state index is 12.9. The Balaban J connectivity index is 0.000000282. The molecule has 6 aromatic rings. The largest absolute Gasteiger partial charge is 0.481 e. The van der Waals surface area contributed by atoms with E-state index in [9.17, 15) is 43.2 Å². The van der Waals surface area contributed by atoms with Gasteiger partial charge in [0.25, 0.3) is 0 Å². The fourth-order valence-corrected chi connectivity index (χ4v) is 7.84. The first kappa shape index (κ1) is 57.8. The van der Waals surface area contributed by atoms with E-state index in [2.05, 4.69) is 20.9 Å². The summed E-state index contributed by atoms with van der Waals surface area (Å²) in [7, 11) is 0. The number of nitrogens with one attached hydrogen (secondary N) is 2. The van der Waals surface area contributed by atoms with Crippen molar-refractivity contribution in [2.75, 3.05) is 0 Å². The molecule has 0 saturated heterocycles. The zero-order chi connectivity index (χ0) is 55.1. The number of primary amides is 4. The van der Waals surface area contributed by atoms with Crippen molar-refractivity contribution in [2.24, 2.45) is 34.8 Å². The zero-order valence-electron chi connectivity index (χ0n) is 42.0. The molecular formula is C56H62N8O12. The van der Waals surface area contributed by atoms with Crippen molar-refractivity contribution in [3.63, 3.8) is 0 Å². The lowest BCUT2D eigenvalue weighted by Crippen LogP contribution is -2.43. The Hall–Kier alpha value is -9.07. The number of nitrogens with two attached hydrogens (primary N) is 4. The highest BCUT2D eigenvalue weighted by Crippen LogP contribution is 2.27. The van der Waals surface area contributed by atoms with Crippen molar-refractivity contribution < 1.29 is 57.3 Å². The van der Waals surface area contributed by atoms with Gasteiger partial charge in [0.05, 0.1) is 12.1 Å². The second-order valence-corrected chi connectivity index (χ2v) is 18.2. The summed E-state index contributed by atoms with van der Waals surface area (Å²) in [6, 6.07) is 37.2. The number of ketones is 2. The van der Waals surface area contributed by atoms with E-state index in [0.29, 0.717) is 22.9 Å². The highest BCUT2D eigenvalue weighted by molar-refractivity contribution is 5.93. The fraction of sp³-hybridized carbons (Fsp3) is 0.304. The summed E-state index contributed by atoms with van der Waals surface area (Å²) in [6.45, 7) is 1.51. The first-order valence-electron chi connectivity index (χ1n) is 24.6. The molecule has 20 nitrogen and oxygen atoms in total. The normalized spacial score (nSPS) is 12.4. The summed E-state index contributed by atoms with van der Waals surface area (Å²) >= 11 is 0. The number of carbonyl (C=O) groups is 9. The summed E-state index contributed by atoms with van der Waals surface area (Å²) in [5.41, 5.74) is 28.3. The standard InChI is InChI=1S/C29H33N5O6.C27H29N3O6/c30-26(36)13-10-21(29(32)39)16-25(35)23(12-14-27(31)37)33-28(38)15-11-22-17-24(34-40-22)20-8-6-19(7-9-20)18-4-2-1-3-5-18;1-17(27(28)35)15-24(31)22(12-14-26(33)34)29-25(32)13-11-21-16-23(30-36-21)20-9-7-19(8-10-20)18-5-3-2-4-6-18/h1-9,17,21,23H,10-16H2,(H2,30,36)(H2,31,37)(H2,32,39)(H,33,38);2-10,16-17,22H,11-15H2,1H3,(H2,28,35)(H,29,32)(H,33,34)/t21-,23+;17-,22+/m11/s1. The first-order valence-corrected chi connectivity index (χ1v) is 24.6.